The van der Waals surface area contributed by atoms with E-state index in [-0.39, 0.29) is 36.0 Å². The van der Waals surface area contributed by atoms with Crippen LogP contribution in [0.1, 0.15) is 55.7 Å². The molecule has 0 aliphatic carbocycles. The number of aryl methyl sites for hydroxylation is 1. The fourth-order valence-corrected chi connectivity index (χ4v) is 8.93. The minimum Gasteiger partial charge on any atom is -0.465 e. The SMILES string of the molecule is COC(=O)N1CCC(N2CCc3ccccc3NC2=O)CC1.Cc1cc(C[C@@H](C)C(=O)N2CCC(N3CCN(CC(=O)OCCCN(C)C)CC3)CC2)cc2oc(=O)[nH]c12. The van der Waals surface area contributed by atoms with Crippen molar-refractivity contribution in [2.24, 2.45) is 5.92 Å². The molecule has 4 aliphatic heterocycles. The predicted molar refractivity (Wildman–Crippen MR) is 229 cm³/mol. The Kier molecular flexibility index (Phi) is 15.6. The van der Waals surface area contributed by atoms with Crippen LogP contribution in [0.15, 0.2) is 45.6 Å². The van der Waals surface area contributed by atoms with Crippen LogP contribution in [0.4, 0.5) is 15.3 Å². The molecule has 4 amide bonds. The van der Waals surface area contributed by atoms with Crippen LogP contribution in [0.2, 0.25) is 0 Å². The van der Waals surface area contributed by atoms with E-state index in [0.29, 0.717) is 50.8 Å². The predicted octanol–water partition coefficient (Wildman–Crippen LogP) is 4.02. The molecule has 0 unspecified atom stereocenters. The van der Waals surface area contributed by atoms with E-state index >= 15 is 0 Å². The van der Waals surface area contributed by atoms with Gasteiger partial charge in [0.1, 0.15) is 0 Å². The summed E-state index contributed by atoms with van der Waals surface area (Å²) >= 11 is 0. The molecule has 16 nitrogen and oxygen atoms in total. The molecule has 2 aromatic carbocycles. The molecule has 16 heteroatoms. The average Bonchev–Trinajstić information content (AvgIpc) is 3.54. The van der Waals surface area contributed by atoms with Gasteiger partial charge in [-0.1, -0.05) is 31.2 Å². The van der Waals surface area contributed by atoms with Crippen LogP contribution in [0, 0.1) is 12.8 Å². The van der Waals surface area contributed by atoms with Crippen molar-refractivity contribution in [1.82, 2.24) is 34.4 Å². The van der Waals surface area contributed by atoms with Crippen LogP contribution in [0.5, 0.6) is 0 Å². The van der Waals surface area contributed by atoms with Crippen molar-refractivity contribution in [3.05, 3.63) is 63.6 Å². The van der Waals surface area contributed by atoms with Gasteiger partial charge in [-0.05, 0) is 94.8 Å². The first kappa shape index (κ1) is 44.6. The van der Waals surface area contributed by atoms with Crippen molar-refractivity contribution in [1.29, 1.82) is 0 Å². The third-order valence-electron chi connectivity index (χ3n) is 12.3. The van der Waals surface area contributed by atoms with Gasteiger partial charge in [-0.2, -0.15) is 0 Å². The van der Waals surface area contributed by atoms with E-state index < -0.39 is 5.76 Å². The third kappa shape index (κ3) is 11.9. The molecule has 60 heavy (non-hydrogen) atoms. The van der Waals surface area contributed by atoms with Crippen LogP contribution in [-0.2, 0) is 31.9 Å². The zero-order valence-electron chi connectivity index (χ0n) is 36.1. The van der Waals surface area contributed by atoms with Gasteiger partial charge in [0.25, 0.3) is 0 Å². The van der Waals surface area contributed by atoms with Gasteiger partial charge >= 0.3 is 23.8 Å². The lowest BCUT2D eigenvalue weighted by Crippen LogP contribution is -2.54. The van der Waals surface area contributed by atoms with Gasteiger partial charge in [-0.25, -0.2) is 14.4 Å². The minimum absolute atomic E-state index is 0.0403. The zero-order chi connectivity index (χ0) is 42.8. The number of nitrogens with zero attached hydrogens (tertiary/aromatic N) is 6. The Morgan fingerprint density at radius 3 is 2.28 bits per heavy atom. The molecular formula is C44H64N8O8. The summed E-state index contributed by atoms with van der Waals surface area (Å²) in [7, 11) is 5.43. The molecule has 0 radical (unpaired) electrons. The monoisotopic (exact) mass is 832 g/mol. The Labute approximate surface area is 353 Å². The number of esters is 1. The highest BCUT2D eigenvalue weighted by atomic mass is 16.5. The molecule has 328 valence electrons. The van der Waals surface area contributed by atoms with Gasteiger partial charge in [0.2, 0.25) is 5.91 Å². The second kappa shape index (κ2) is 21.0. The number of oxazole rings is 1. The number of anilines is 1. The van der Waals surface area contributed by atoms with Gasteiger partial charge in [0.05, 0.1) is 25.8 Å². The highest BCUT2D eigenvalue weighted by Crippen LogP contribution is 2.26. The van der Waals surface area contributed by atoms with Crippen LogP contribution in [0.3, 0.4) is 0 Å². The lowest BCUT2D eigenvalue weighted by Gasteiger charge is -2.43. The number of carbonyl (C=O) groups excluding carboxylic acids is 4. The highest BCUT2D eigenvalue weighted by molar-refractivity contribution is 5.91. The Morgan fingerprint density at radius 2 is 1.58 bits per heavy atom. The summed E-state index contributed by atoms with van der Waals surface area (Å²) in [5, 5.41) is 3.00. The number of piperidine rings is 2. The van der Waals surface area contributed by atoms with E-state index in [0.717, 1.165) is 107 Å². The molecule has 3 fully saturated rings. The lowest BCUT2D eigenvalue weighted by molar-refractivity contribution is -0.145. The first-order chi connectivity index (χ1) is 28.9. The molecule has 3 saturated heterocycles. The largest absolute Gasteiger partial charge is 0.465 e. The number of rotatable bonds is 11. The molecule has 1 atom stereocenters. The number of nitrogens with one attached hydrogen (secondary N) is 2. The maximum Gasteiger partial charge on any atom is 0.417 e. The Morgan fingerprint density at radius 1 is 0.900 bits per heavy atom. The minimum atomic E-state index is -0.456. The molecule has 3 aromatic rings. The first-order valence-electron chi connectivity index (χ1n) is 21.5. The number of aromatic nitrogens is 1. The number of urea groups is 1. The second-order valence-electron chi connectivity index (χ2n) is 16.9. The van der Waals surface area contributed by atoms with E-state index in [1.165, 1.54) is 12.7 Å². The molecule has 1 aromatic heterocycles. The molecule has 4 aliphatic rings. The smallest absolute Gasteiger partial charge is 0.417 e. The van der Waals surface area contributed by atoms with E-state index in [1.54, 1.807) is 4.90 Å². The number of benzene rings is 2. The number of fused-ring (bicyclic) bond motifs is 2. The lowest BCUT2D eigenvalue weighted by atomic mass is 9.96. The molecule has 0 spiro atoms. The van der Waals surface area contributed by atoms with Crippen molar-refractivity contribution >= 4 is 40.8 Å². The Bertz CT molecular complexity index is 1980. The number of hydrogen-bond acceptors (Lipinski definition) is 11. The topological polar surface area (TPSA) is 164 Å². The van der Waals surface area contributed by atoms with E-state index in [9.17, 15) is 24.0 Å². The number of para-hydroxylation sites is 1. The van der Waals surface area contributed by atoms with Gasteiger partial charge in [-0.3, -0.25) is 24.4 Å². The van der Waals surface area contributed by atoms with Crippen molar-refractivity contribution in [3.63, 3.8) is 0 Å². The summed E-state index contributed by atoms with van der Waals surface area (Å²) < 4.78 is 15.4. The number of H-pyrrole nitrogens is 1. The van der Waals surface area contributed by atoms with Gasteiger partial charge < -0.3 is 38.8 Å². The van der Waals surface area contributed by atoms with Crippen LogP contribution in [0.25, 0.3) is 11.1 Å². The maximum absolute atomic E-state index is 13.2. The molecule has 0 bridgehead atoms. The third-order valence-corrected chi connectivity index (χ3v) is 12.3. The van der Waals surface area contributed by atoms with E-state index in [2.05, 4.69) is 31.1 Å². The summed E-state index contributed by atoms with van der Waals surface area (Å²) in [6, 6.07) is 12.4. The molecule has 5 heterocycles. The van der Waals surface area contributed by atoms with Crippen LogP contribution < -0.4 is 11.1 Å². The number of carbonyl (C=O) groups is 4. The Balaban J connectivity index is 0.000000232. The van der Waals surface area contributed by atoms with E-state index in [4.69, 9.17) is 13.9 Å². The Hall–Kier alpha value is -4.93. The normalized spacial score (nSPS) is 19.0. The highest BCUT2D eigenvalue weighted by Gasteiger charge is 2.33. The standard InChI is InChI=1S/C28H43N5O5.C16H21N3O3/c1-20-16-22(18-24-26(20)29-28(36)38-24)17-21(2)27(35)33-9-6-23(7-10-33)32-13-11-31(12-14-32)19-25(34)37-15-5-8-30(3)4;1-22-16(21)18-9-7-13(8-10-18)19-11-6-12-4-2-3-5-14(12)17-15(19)20/h16,18,21,23H,5-15,17,19H2,1-4H3,(H,29,36);2-5,13H,6-11H2,1H3,(H,17,20)/t21-;/m1./s1. The van der Waals surface area contributed by atoms with Crippen molar-refractivity contribution in [2.75, 3.05) is 105 Å². The molecule has 0 saturated carbocycles. The van der Waals surface area contributed by atoms with Crippen molar-refractivity contribution < 1.29 is 33.1 Å². The van der Waals surface area contributed by atoms with E-state index in [1.807, 2.05) is 68.1 Å². The van der Waals surface area contributed by atoms with Crippen LogP contribution >= 0.6 is 0 Å². The van der Waals surface area contributed by atoms with Crippen LogP contribution in [-0.4, -0.2) is 170 Å². The summed E-state index contributed by atoms with van der Waals surface area (Å²) in [6.07, 6.45) is 5.58. The molecular weight excluding hydrogens is 769 g/mol. The number of piperazine rings is 1. The number of hydrogen-bond donors (Lipinski definition) is 2. The van der Waals surface area contributed by atoms with Gasteiger partial charge in [0.15, 0.2) is 5.58 Å². The average molecular weight is 833 g/mol. The zero-order valence-corrected chi connectivity index (χ0v) is 36.1. The van der Waals surface area contributed by atoms with Gasteiger partial charge in [0, 0.05) is 89.1 Å². The number of methoxy groups -OCH3 is 1. The number of aromatic amines is 1. The summed E-state index contributed by atoms with van der Waals surface area (Å²) in [6.45, 7) is 12.8. The maximum atomic E-state index is 13.2. The van der Waals surface area contributed by atoms with Crippen molar-refractivity contribution in [3.8, 4) is 0 Å². The fraction of sp³-hybridized carbons (Fsp3) is 0.614. The van der Waals surface area contributed by atoms with Gasteiger partial charge in [-0.15, -0.1) is 0 Å². The summed E-state index contributed by atoms with van der Waals surface area (Å²) in [5.41, 5.74) is 5.29. The number of ether oxygens (including phenoxy) is 2. The molecule has 7 rings (SSSR count). The number of likely N-dealkylation sites (tertiary alicyclic amines) is 2. The summed E-state index contributed by atoms with van der Waals surface area (Å²) in [4.78, 5) is 76.0. The summed E-state index contributed by atoms with van der Waals surface area (Å²) in [5.74, 6) is -0.543. The quantitative estimate of drug-likeness (QED) is 0.212. The fourth-order valence-electron chi connectivity index (χ4n) is 8.93. The first-order valence-corrected chi connectivity index (χ1v) is 21.5. The van der Waals surface area contributed by atoms with Crippen molar-refractivity contribution in [2.45, 2.75) is 70.9 Å². The second-order valence-corrected chi connectivity index (χ2v) is 16.9. The number of amides is 4. The molecule has 2 N–H and O–H groups in total.